The minimum Gasteiger partial charge on any atom is -0.507 e. The Bertz CT molecular complexity index is 1070. The lowest BCUT2D eigenvalue weighted by Crippen LogP contribution is -2.29. The van der Waals surface area contributed by atoms with Gasteiger partial charge in [0.1, 0.15) is 5.76 Å². The van der Waals surface area contributed by atoms with E-state index in [9.17, 15) is 14.7 Å². The predicted molar refractivity (Wildman–Crippen MR) is 112 cm³/mol. The smallest absolute Gasteiger partial charge is 0.295 e. The largest absolute Gasteiger partial charge is 0.507 e. The van der Waals surface area contributed by atoms with Crippen LogP contribution < -0.4 is 0 Å². The van der Waals surface area contributed by atoms with Crippen molar-refractivity contribution in [3.63, 3.8) is 0 Å². The number of aliphatic hydroxyl groups is 1. The Morgan fingerprint density at radius 3 is 2.07 bits per heavy atom. The molecule has 1 fully saturated rings. The second-order valence-electron chi connectivity index (χ2n) is 7.19. The molecular formula is C25H21NO3. The van der Waals surface area contributed by atoms with Gasteiger partial charge in [0.05, 0.1) is 11.6 Å². The average molecular weight is 383 g/mol. The quantitative estimate of drug-likeness (QED) is 0.406. The van der Waals surface area contributed by atoms with Gasteiger partial charge < -0.3 is 10.0 Å². The average Bonchev–Trinajstić information content (AvgIpc) is 3.00. The number of carbonyl (C=O) groups is 2. The van der Waals surface area contributed by atoms with Crippen LogP contribution in [0.15, 0.2) is 90.5 Å². The number of Topliss-reactive ketones (excluding diaryl/α,β-unsaturated/α-hetero) is 1. The molecule has 0 unspecified atom stereocenters. The van der Waals surface area contributed by atoms with E-state index in [4.69, 9.17) is 0 Å². The summed E-state index contributed by atoms with van der Waals surface area (Å²) in [7, 11) is 0. The van der Waals surface area contributed by atoms with Crippen LogP contribution in [0, 0.1) is 6.92 Å². The molecule has 4 heteroatoms. The van der Waals surface area contributed by atoms with E-state index in [2.05, 4.69) is 0 Å². The number of ketones is 1. The van der Waals surface area contributed by atoms with Crippen molar-refractivity contribution in [2.24, 2.45) is 0 Å². The number of likely N-dealkylation sites (tertiary alicyclic amines) is 1. The molecule has 1 aliphatic heterocycles. The van der Waals surface area contributed by atoms with Crippen LogP contribution in [0.25, 0.3) is 5.76 Å². The zero-order valence-electron chi connectivity index (χ0n) is 16.1. The van der Waals surface area contributed by atoms with Gasteiger partial charge in [0.15, 0.2) is 0 Å². The van der Waals surface area contributed by atoms with Crippen LogP contribution in [0.3, 0.4) is 0 Å². The molecule has 29 heavy (non-hydrogen) atoms. The molecule has 0 radical (unpaired) electrons. The zero-order valence-corrected chi connectivity index (χ0v) is 16.1. The van der Waals surface area contributed by atoms with Crippen LogP contribution in [0.1, 0.15) is 28.3 Å². The van der Waals surface area contributed by atoms with E-state index >= 15 is 0 Å². The topological polar surface area (TPSA) is 57.6 Å². The van der Waals surface area contributed by atoms with Crippen molar-refractivity contribution in [3.8, 4) is 0 Å². The van der Waals surface area contributed by atoms with Crippen LogP contribution in [0.4, 0.5) is 0 Å². The highest BCUT2D eigenvalue weighted by molar-refractivity contribution is 6.46. The normalized spacial score (nSPS) is 18.2. The highest BCUT2D eigenvalue weighted by Crippen LogP contribution is 2.40. The summed E-state index contributed by atoms with van der Waals surface area (Å²) in [4.78, 5) is 27.4. The molecule has 1 saturated heterocycles. The van der Waals surface area contributed by atoms with Gasteiger partial charge in [0, 0.05) is 12.1 Å². The van der Waals surface area contributed by atoms with E-state index in [1.54, 1.807) is 12.1 Å². The third kappa shape index (κ3) is 3.57. The molecule has 1 N–H and O–H groups in total. The van der Waals surface area contributed by atoms with Crippen molar-refractivity contribution in [3.05, 3.63) is 113 Å². The molecule has 0 aliphatic carbocycles. The van der Waals surface area contributed by atoms with Gasteiger partial charge in [0.2, 0.25) is 0 Å². The lowest BCUT2D eigenvalue weighted by Gasteiger charge is -2.25. The molecule has 1 atom stereocenters. The molecule has 4 rings (SSSR count). The summed E-state index contributed by atoms with van der Waals surface area (Å²) in [5, 5.41) is 11.0. The number of hydrogen-bond donors (Lipinski definition) is 1. The first-order chi connectivity index (χ1) is 14.1. The molecule has 1 amide bonds. The molecule has 0 bridgehead atoms. The molecular weight excluding hydrogens is 362 g/mol. The summed E-state index contributed by atoms with van der Waals surface area (Å²) in [5.41, 5.74) is 3.41. The predicted octanol–water partition coefficient (Wildman–Crippen LogP) is 4.62. The number of nitrogens with zero attached hydrogens (tertiary/aromatic N) is 1. The summed E-state index contributed by atoms with van der Waals surface area (Å²) in [6.45, 7) is 2.24. The van der Waals surface area contributed by atoms with Crippen molar-refractivity contribution in [1.82, 2.24) is 4.90 Å². The van der Waals surface area contributed by atoms with Crippen LogP contribution in [-0.4, -0.2) is 21.7 Å². The fourth-order valence-corrected chi connectivity index (χ4v) is 3.67. The van der Waals surface area contributed by atoms with Gasteiger partial charge in [-0.25, -0.2) is 0 Å². The van der Waals surface area contributed by atoms with Crippen molar-refractivity contribution in [2.45, 2.75) is 19.5 Å². The van der Waals surface area contributed by atoms with E-state index in [-0.39, 0.29) is 17.9 Å². The van der Waals surface area contributed by atoms with Crippen molar-refractivity contribution < 1.29 is 14.7 Å². The maximum atomic E-state index is 13.0. The molecule has 0 saturated carbocycles. The lowest BCUT2D eigenvalue weighted by molar-refractivity contribution is -0.140. The highest BCUT2D eigenvalue weighted by atomic mass is 16.3. The number of amides is 1. The fourth-order valence-electron chi connectivity index (χ4n) is 3.67. The van der Waals surface area contributed by atoms with Gasteiger partial charge in [-0.2, -0.15) is 0 Å². The lowest BCUT2D eigenvalue weighted by atomic mass is 9.95. The van der Waals surface area contributed by atoms with Crippen molar-refractivity contribution in [1.29, 1.82) is 0 Å². The molecule has 4 nitrogen and oxygen atoms in total. The molecule has 0 aromatic heterocycles. The van der Waals surface area contributed by atoms with Gasteiger partial charge in [0.25, 0.3) is 11.7 Å². The van der Waals surface area contributed by atoms with E-state index in [1.807, 2.05) is 79.7 Å². The maximum absolute atomic E-state index is 13.0. The minimum atomic E-state index is -0.659. The summed E-state index contributed by atoms with van der Waals surface area (Å²) in [5.74, 6) is -1.41. The number of carbonyl (C=O) groups excluding carboxylic acids is 2. The number of benzene rings is 3. The SMILES string of the molecule is Cc1ccc(C(O)=C2C(=O)C(=O)N(Cc3ccccc3)[C@H]2c2ccccc2)cc1. The third-order valence-electron chi connectivity index (χ3n) is 5.18. The van der Waals surface area contributed by atoms with E-state index < -0.39 is 17.7 Å². The van der Waals surface area contributed by atoms with Gasteiger partial charge >= 0.3 is 0 Å². The number of aliphatic hydroxyl groups excluding tert-OH is 1. The van der Waals surface area contributed by atoms with Gasteiger partial charge in [-0.05, 0) is 18.1 Å². The van der Waals surface area contributed by atoms with E-state index in [0.29, 0.717) is 5.56 Å². The zero-order chi connectivity index (χ0) is 20.4. The third-order valence-corrected chi connectivity index (χ3v) is 5.18. The van der Waals surface area contributed by atoms with Crippen LogP contribution >= 0.6 is 0 Å². The number of hydrogen-bond acceptors (Lipinski definition) is 3. The first kappa shape index (κ1) is 18.7. The Balaban J connectivity index is 1.85. The Hall–Kier alpha value is -3.66. The fraction of sp³-hybridized carbons (Fsp3) is 0.120. The first-order valence-electron chi connectivity index (χ1n) is 9.50. The Labute approximate surface area is 169 Å². The molecule has 3 aromatic carbocycles. The Kier molecular flexibility index (Phi) is 5.00. The highest BCUT2D eigenvalue weighted by Gasteiger charge is 2.45. The Morgan fingerprint density at radius 2 is 1.45 bits per heavy atom. The van der Waals surface area contributed by atoms with E-state index in [1.165, 1.54) is 4.90 Å². The van der Waals surface area contributed by atoms with Crippen LogP contribution in [0.5, 0.6) is 0 Å². The molecule has 1 heterocycles. The monoisotopic (exact) mass is 383 g/mol. The number of rotatable bonds is 4. The van der Waals surface area contributed by atoms with Gasteiger partial charge in [-0.1, -0.05) is 90.5 Å². The van der Waals surface area contributed by atoms with Crippen molar-refractivity contribution in [2.75, 3.05) is 0 Å². The van der Waals surface area contributed by atoms with Crippen LogP contribution in [-0.2, 0) is 16.1 Å². The molecule has 144 valence electrons. The van der Waals surface area contributed by atoms with Crippen LogP contribution in [0.2, 0.25) is 0 Å². The van der Waals surface area contributed by atoms with Gasteiger partial charge in [-0.3, -0.25) is 9.59 Å². The summed E-state index contributed by atoms with van der Waals surface area (Å²) in [6, 6.07) is 25.5. The summed E-state index contributed by atoms with van der Waals surface area (Å²) >= 11 is 0. The maximum Gasteiger partial charge on any atom is 0.295 e. The van der Waals surface area contributed by atoms with Gasteiger partial charge in [-0.15, -0.1) is 0 Å². The molecule has 1 aliphatic rings. The van der Waals surface area contributed by atoms with Crippen molar-refractivity contribution >= 4 is 17.4 Å². The Morgan fingerprint density at radius 1 is 0.862 bits per heavy atom. The number of aryl methyl sites for hydroxylation is 1. The molecule has 3 aromatic rings. The standard InChI is InChI=1S/C25H21NO3/c1-17-12-14-20(15-13-17)23(27)21-22(19-10-6-3-7-11-19)26(25(29)24(21)28)16-18-8-4-2-5-9-18/h2-15,22,27H,16H2,1H3/t22-/m0/s1. The second kappa shape index (κ2) is 7.76. The molecule has 0 spiro atoms. The summed E-state index contributed by atoms with van der Waals surface area (Å²) in [6.07, 6.45) is 0. The first-order valence-corrected chi connectivity index (χ1v) is 9.50. The van der Waals surface area contributed by atoms with E-state index in [0.717, 1.165) is 16.7 Å². The minimum absolute atomic E-state index is 0.126. The second-order valence-corrected chi connectivity index (χ2v) is 7.19. The summed E-state index contributed by atoms with van der Waals surface area (Å²) < 4.78 is 0.